The molecule has 0 spiro atoms. The number of hydrogen-bond acceptors (Lipinski definition) is 2. The zero-order chi connectivity index (χ0) is 13.4. The Morgan fingerprint density at radius 2 is 2.16 bits per heavy atom. The van der Waals surface area contributed by atoms with Gasteiger partial charge in [0.1, 0.15) is 5.82 Å². The first-order chi connectivity index (χ1) is 9.15. The maximum absolute atomic E-state index is 13.3. The average Bonchev–Trinajstić information content (AvgIpc) is 2.86. The van der Waals surface area contributed by atoms with Crippen LogP contribution in [0.25, 0.3) is 0 Å². The molecule has 0 aliphatic carbocycles. The van der Waals surface area contributed by atoms with Gasteiger partial charge in [-0.1, -0.05) is 6.07 Å². The summed E-state index contributed by atoms with van der Waals surface area (Å²) < 4.78 is 13.8. The van der Waals surface area contributed by atoms with Crippen LogP contribution in [0.2, 0.25) is 0 Å². The Morgan fingerprint density at radius 3 is 2.95 bits per heavy atom. The molecule has 1 aromatic rings. The van der Waals surface area contributed by atoms with E-state index < -0.39 is 0 Å². The summed E-state index contributed by atoms with van der Waals surface area (Å²) >= 11 is 3.27. The first-order valence-electron chi connectivity index (χ1n) is 7.07. The maximum Gasteiger partial charge on any atom is 0.137 e. The van der Waals surface area contributed by atoms with E-state index in [1.165, 1.54) is 31.5 Å². The van der Waals surface area contributed by atoms with E-state index in [1.807, 2.05) is 12.1 Å². The number of hydrogen-bond donors (Lipinski definition) is 0. The normalized spacial score (nSPS) is 28.6. The Labute approximate surface area is 122 Å². The van der Waals surface area contributed by atoms with E-state index >= 15 is 0 Å². The van der Waals surface area contributed by atoms with Crippen molar-refractivity contribution in [2.75, 3.05) is 19.6 Å². The van der Waals surface area contributed by atoms with E-state index in [4.69, 9.17) is 0 Å². The summed E-state index contributed by atoms with van der Waals surface area (Å²) in [6.07, 6.45) is 2.66. The summed E-state index contributed by atoms with van der Waals surface area (Å²) in [5, 5.41) is 0. The number of benzene rings is 1. The highest BCUT2D eigenvalue weighted by atomic mass is 79.9. The third-order valence-electron chi connectivity index (χ3n) is 4.59. The third-order valence-corrected chi connectivity index (χ3v) is 5.20. The standard InChI is InChI=1S/C15H20BrFN2/c1-11-15-3-2-6-18(15)7-8-19(11)10-12-4-5-14(17)13(16)9-12/h4-5,9,11,15H,2-3,6-8,10H2,1H3/t11-,15-/m0/s1. The number of fused-ring (bicyclic) bond motifs is 1. The van der Waals surface area contributed by atoms with Crippen LogP contribution in [0.1, 0.15) is 25.3 Å². The van der Waals surface area contributed by atoms with Gasteiger partial charge in [-0.05, 0) is 59.9 Å². The molecule has 2 aliphatic rings. The molecule has 0 unspecified atom stereocenters. The first kappa shape index (κ1) is 13.5. The van der Waals surface area contributed by atoms with E-state index in [0.717, 1.165) is 19.1 Å². The zero-order valence-corrected chi connectivity index (χ0v) is 12.9. The van der Waals surface area contributed by atoms with Crippen LogP contribution in [0.4, 0.5) is 4.39 Å². The lowest BCUT2D eigenvalue weighted by Crippen LogP contribution is -2.55. The van der Waals surface area contributed by atoms with Crippen molar-refractivity contribution in [2.24, 2.45) is 0 Å². The van der Waals surface area contributed by atoms with Gasteiger partial charge < -0.3 is 0 Å². The van der Waals surface area contributed by atoms with Gasteiger partial charge in [0, 0.05) is 31.7 Å². The summed E-state index contributed by atoms with van der Waals surface area (Å²) in [6, 6.07) is 6.67. The molecular weight excluding hydrogens is 307 g/mol. The molecule has 104 valence electrons. The van der Waals surface area contributed by atoms with Crippen molar-refractivity contribution in [3.8, 4) is 0 Å². The van der Waals surface area contributed by atoms with Crippen LogP contribution in [-0.4, -0.2) is 41.5 Å². The molecule has 0 amide bonds. The molecule has 2 heterocycles. The van der Waals surface area contributed by atoms with Crippen LogP contribution in [0.3, 0.4) is 0 Å². The van der Waals surface area contributed by atoms with E-state index in [0.29, 0.717) is 10.5 Å². The predicted molar refractivity (Wildman–Crippen MR) is 78.6 cm³/mol. The van der Waals surface area contributed by atoms with Crippen molar-refractivity contribution in [3.63, 3.8) is 0 Å². The topological polar surface area (TPSA) is 6.48 Å². The minimum absolute atomic E-state index is 0.183. The van der Waals surface area contributed by atoms with Gasteiger partial charge in [0.05, 0.1) is 4.47 Å². The molecule has 19 heavy (non-hydrogen) atoms. The highest BCUT2D eigenvalue weighted by Crippen LogP contribution is 2.28. The van der Waals surface area contributed by atoms with Crippen molar-refractivity contribution in [1.29, 1.82) is 0 Å². The maximum atomic E-state index is 13.3. The summed E-state index contributed by atoms with van der Waals surface area (Å²) in [4.78, 5) is 5.16. The lowest BCUT2D eigenvalue weighted by Gasteiger charge is -2.43. The fraction of sp³-hybridized carbons (Fsp3) is 0.600. The second kappa shape index (κ2) is 5.51. The molecule has 2 nitrogen and oxygen atoms in total. The van der Waals surface area contributed by atoms with Gasteiger partial charge in [-0.25, -0.2) is 4.39 Å². The lowest BCUT2D eigenvalue weighted by molar-refractivity contribution is 0.0470. The number of nitrogens with zero attached hydrogens (tertiary/aromatic N) is 2. The van der Waals surface area contributed by atoms with E-state index in [2.05, 4.69) is 32.7 Å². The van der Waals surface area contributed by atoms with Crippen molar-refractivity contribution >= 4 is 15.9 Å². The molecule has 0 aromatic heterocycles. The molecule has 0 saturated carbocycles. The van der Waals surface area contributed by atoms with Crippen molar-refractivity contribution in [2.45, 2.75) is 38.4 Å². The number of halogens is 2. The Bertz CT molecular complexity index is 465. The largest absolute Gasteiger partial charge is 0.298 e. The van der Waals surface area contributed by atoms with E-state index in [1.54, 1.807) is 6.07 Å². The monoisotopic (exact) mass is 326 g/mol. The van der Waals surface area contributed by atoms with E-state index in [-0.39, 0.29) is 5.82 Å². The van der Waals surface area contributed by atoms with Crippen molar-refractivity contribution in [1.82, 2.24) is 9.80 Å². The van der Waals surface area contributed by atoms with Crippen LogP contribution < -0.4 is 0 Å². The molecule has 0 bridgehead atoms. The number of rotatable bonds is 2. The lowest BCUT2D eigenvalue weighted by atomic mass is 10.0. The molecular formula is C15H20BrFN2. The van der Waals surface area contributed by atoms with Crippen molar-refractivity contribution < 1.29 is 4.39 Å². The predicted octanol–water partition coefficient (Wildman–Crippen LogP) is 3.26. The van der Waals surface area contributed by atoms with Crippen molar-refractivity contribution in [3.05, 3.63) is 34.1 Å². The van der Waals surface area contributed by atoms with Crippen LogP contribution in [0.5, 0.6) is 0 Å². The van der Waals surface area contributed by atoms with Gasteiger partial charge in [-0.3, -0.25) is 9.80 Å². The molecule has 0 N–H and O–H groups in total. The Kier molecular flexibility index (Phi) is 3.92. The third kappa shape index (κ3) is 2.71. The quantitative estimate of drug-likeness (QED) is 0.823. The highest BCUT2D eigenvalue weighted by Gasteiger charge is 2.36. The van der Waals surface area contributed by atoms with E-state index in [9.17, 15) is 4.39 Å². The van der Waals surface area contributed by atoms with Gasteiger partial charge in [0.25, 0.3) is 0 Å². The first-order valence-corrected chi connectivity index (χ1v) is 7.86. The fourth-order valence-electron chi connectivity index (χ4n) is 3.48. The molecule has 4 heteroatoms. The smallest absolute Gasteiger partial charge is 0.137 e. The molecule has 2 saturated heterocycles. The van der Waals surface area contributed by atoms with Crippen LogP contribution in [0.15, 0.2) is 22.7 Å². The molecule has 2 aliphatic heterocycles. The minimum atomic E-state index is -0.183. The summed E-state index contributed by atoms with van der Waals surface area (Å²) in [7, 11) is 0. The molecule has 0 radical (unpaired) electrons. The summed E-state index contributed by atoms with van der Waals surface area (Å²) in [5.41, 5.74) is 1.19. The van der Waals surface area contributed by atoms with Gasteiger partial charge in [-0.2, -0.15) is 0 Å². The summed E-state index contributed by atoms with van der Waals surface area (Å²) in [6.45, 7) is 6.82. The van der Waals surface area contributed by atoms with Gasteiger partial charge in [-0.15, -0.1) is 0 Å². The molecule has 2 fully saturated rings. The average molecular weight is 327 g/mol. The SMILES string of the molecule is C[C@H]1[C@@H]2CCCN2CCN1Cc1ccc(F)c(Br)c1. The Balaban J connectivity index is 1.70. The van der Waals surface area contributed by atoms with Crippen LogP contribution in [-0.2, 0) is 6.54 Å². The Hall–Kier alpha value is -0.450. The minimum Gasteiger partial charge on any atom is -0.298 e. The highest BCUT2D eigenvalue weighted by molar-refractivity contribution is 9.10. The van der Waals surface area contributed by atoms with Crippen LogP contribution in [0, 0.1) is 5.82 Å². The van der Waals surface area contributed by atoms with Gasteiger partial charge >= 0.3 is 0 Å². The zero-order valence-electron chi connectivity index (χ0n) is 11.3. The number of piperazine rings is 1. The fourth-order valence-corrected chi connectivity index (χ4v) is 3.90. The van der Waals surface area contributed by atoms with Gasteiger partial charge in [0.2, 0.25) is 0 Å². The molecule has 3 rings (SSSR count). The molecule has 1 aromatic carbocycles. The van der Waals surface area contributed by atoms with Crippen LogP contribution >= 0.6 is 15.9 Å². The summed E-state index contributed by atoms with van der Waals surface area (Å²) in [5.74, 6) is -0.183. The second-order valence-corrected chi connectivity index (χ2v) is 6.56. The Morgan fingerprint density at radius 1 is 1.32 bits per heavy atom. The van der Waals surface area contributed by atoms with Gasteiger partial charge in [0.15, 0.2) is 0 Å². The molecule has 2 atom stereocenters. The second-order valence-electron chi connectivity index (χ2n) is 5.71.